The van der Waals surface area contributed by atoms with Crippen LogP contribution in [0.25, 0.3) is 0 Å². The molecule has 0 spiro atoms. The van der Waals surface area contributed by atoms with Crippen LogP contribution in [0, 0.1) is 0 Å². The zero-order valence-corrected chi connectivity index (χ0v) is 14.7. The molecule has 7 heteroatoms. The van der Waals surface area contributed by atoms with Gasteiger partial charge in [0.25, 0.3) is 5.91 Å². The zero-order valence-electron chi connectivity index (χ0n) is 13.8. The molecule has 6 nitrogen and oxygen atoms in total. The lowest BCUT2D eigenvalue weighted by Crippen LogP contribution is -2.55. The number of rotatable bonds is 5. The van der Waals surface area contributed by atoms with E-state index < -0.39 is 5.60 Å². The maximum absolute atomic E-state index is 12.5. The lowest BCUT2D eigenvalue weighted by atomic mass is 9.91. The second-order valence-corrected chi connectivity index (χ2v) is 6.06. The highest BCUT2D eigenvalue weighted by molar-refractivity contribution is 6.01. The predicted octanol–water partition coefficient (Wildman–Crippen LogP) is 0.882. The minimum Gasteiger partial charge on any atom is -0.368 e. The standard InChI is InChI=1S/C17H23N3O3.ClH/c1-23-17(6-8-18-9-7-17)16(22)19-10-11-20-14-5-3-2-4-13(14)12-15(20)21;/h2-5,18H,6-12H2,1H3,(H,19,22);1H. The number of ether oxygens (including phenoxy) is 1. The predicted molar refractivity (Wildman–Crippen MR) is 94.6 cm³/mol. The van der Waals surface area contributed by atoms with Gasteiger partial charge in [-0.3, -0.25) is 9.59 Å². The molecule has 1 aromatic rings. The smallest absolute Gasteiger partial charge is 0.252 e. The lowest BCUT2D eigenvalue weighted by Gasteiger charge is -2.35. The molecule has 1 saturated heterocycles. The van der Waals surface area contributed by atoms with E-state index in [1.54, 1.807) is 12.0 Å². The summed E-state index contributed by atoms with van der Waals surface area (Å²) in [5.74, 6) is 0.00482. The van der Waals surface area contributed by atoms with Gasteiger partial charge in [-0.15, -0.1) is 12.4 Å². The normalized spacial score (nSPS) is 18.7. The maximum Gasteiger partial charge on any atom is 0.252 e. The molecular weight excluding hydrogens is 330 g/mol. The Morgan fingerprint density at radius 1 is 1.33 bits per heavy atom. The number of carbonyl (C=O) groups excluding carboxylic acids is 2. The van der Waals surface area contributed by atoms with Crippen molar-refractivity contribution in [2.45, 2.75) is 24.9 Å². The summed E-state index contributed by atoms with van der Waals surface area (Å²) in [6.45, 7) is 2.47. The van der Waals surface area contributed by atoms with Gasteiger partial charge in [-0.1, -0.05) is 18.2 Å². The molecule has 2 aliphatic rings. The van der Waals surface area contributed by atoms with Crippen LogP contribution >= 0.6 is 12.4 Å². The highest BCUT2D eigenvalue weighted by Crippen LogP contribution is 2.28. The summed E-state index contributed by atoms with van der Waals surface area (Å²) in [7, 11) is 1.59. The third kappa shape index (κ3) is 3.55. The molecule has 0 aromatic heterocycles. The van der Waals surface area contributed by atoms with Gasteiger partial charge in [-0.25, -0.2) is 0 Å². The minimum absolute atomic E-state index is 0. The van der Waals surface area contributed by atoms with Crippen LogP contribution in [0.3, 0.4) is 0 Å². The largest absolute Gasteiger partial charge is 0.368 e. The van der Waals surface area contributed by atoms with E-state index in [1.165, 1.54) is 0 Å². The summed E-state index contributed by atoms with van der Waals surface area (Å²) in [6, 6.07) is 7.79. The van der Waals surface area contributed by atoms with E-state index in [1.807, 2.05) is 24.3 Å². The first-order valence-electron chi connectivity index (χ1n) is 8.09. The van der Waals surface area contributed by atoms with Crippen LogP contribution in [0.2, 0.25) is 0 Å². The number of para-hydroxylation sites is 1. The SMILES string of the molecule is COC1(C(=O)NCCN2C(=O)Cc3ccccc32)CCNCC1.Cl. The number of piperidine rings is 1. The Morgan fingerprint density at radius 3 is 2.75 bits per heavy atom. The fraction of sp³-hybridized carbons (Fsp3) is 0.529. The number of carbonyl (C=O) groups is 2. The Bertz CT molecular complexity index is 602. The van der Waals surface area contributed by atoms with Gasteiger partial charge in [0.15, 0.2) is 0 Å². The van der Waals surface area contributed by atoms with Crippen LogP contribution in [0.1, 0.15) is 18.4 Å². The van der Waals surface area contributed by atoms with Crippen molar-refractivity contribution in [2.75, 3.05) is 38.2 Å². The fourth-order valence-electron chi connectivity index (χ4n) is 3.36. The average Bonchev–Trinajstić information content (AvgIpc) is 2.91. The van der Waals surface area contributed by atoms with Crippen molar-refractivity contribution in [2.24, 2.45) is 0 Å². The zero-order chi connectivity index (χ0) is 16.3. The number of nitrogens with zero attached hydrogens (tertiary/aromatic N) is 1. The molecule has 0 atom stereocenters. The van der Waals surface area contributed by atoms with Crippen molar-refractivity contribution < 1.29 is 14.3 Å². The summed E-state index contributed by atoms with van der Waals surface area (Å²) < 4.78 is 5.51. The topological polar surface area (TPSA) is 70.7 Å². The van der Waals surface area contributed by atoms with Crippen molar-refractivity contribution in [3.05, 3.63) is 29.8 Å². The third-order valence-corrected chi connectivity index (χ3v) is 4.76. The Morgan fingerprint density at radius 2 is 2.04 bits per heavy atom. The first kappa shape index (κ1) is 18.7. The number of methoxy groups -OCH3 is 1. The van der Waals surface area contributed by atoms with Gasteiger partial charge in [-0.05, 0) is 37.6 Å². The second kappa shape index (κ2) is 7.96. The van der Waals surface area contributed by atoms with Crippen molar-refractivity contribution in [1.29, 1.82) is 0 Å². The highest BCUT2D eigenvalue weighted by atomic mass is 35.5. The minimum atomic E-state index is -0.738. The van der Waals surface area contributed by atoms with Crippen LogP contribution in [-0.2, 0) is 20.7 Å². The van der Waals surface area contributed by atoms with Gasteiger partial charge in [0, 0.05) is 25.9 Å². The summed E-state index contributed by atoms with van der Waals surface area (Å²) in [4.78, 5) is 26.3. The van der Waals surface area contributed by atoms with Crippen LogP contribution in [0.15, 0.2) is 24.3 Å². The Hall–Kier alpha value is -1.63. The monoisotopic (exact) mass is 353 g/mol. The number of fused-ring (bicyclic) bond motifs is 1. The molecular formula is C17H24ClN3O3. The summed E-state index contributed by atoms with van der Waals surface area (Å²) in [5, 5.41) is 6.17. The Balaban J connectivity index is 0.00000208. The summed E-state index contributed by atoms with van der Waals surface area (Å²) in [6.07, 6.45) is 1.78. The summed E-state index contributed by atoms with van der Waals surface area (Å²) in [5.41, 5.74) is 1.27. The van der Waals surface area contributed by atoms with Crippen LogP contribution in [-0.4, -0.2) is 50.7 Å². The van der Waals surface area contributed by atoms with Gasteiger partial charge in [0.05, 0.1) is 6.42 Å². The van der Waals surface area contributed by atoms with E-state index >= 15 is 0 Å². The number of halogens is 1. The maximum atomic E-state index is 12.5. The van der Waals surface area contributed by atoms with E-state index in [9.17, 15) is 9.59 Å². The van der Waals surface area contributed by atoms with Crippen molar-refractivity contribution in [3.63, 3.8) is 0 Å². The molecule has 1 aromatic carbocycles. The molecule has 0 saturated carbocycles. The molecule has 132 valence electrons. The van der Waals surface area contributed by atoms with E-state index in [2.05, 4.69) is 10.6 Å². The van der Waals surface area contributed by atoms with E-state index in [0.717, 1.165) is 24.3 Å². The molecule has 3 rings (SSSR count). The second-order valence-electron chi connectivity index (χ2n) is 6.06. The molecule has 1 fully saturated rings. The van der Waals surface area contributed by atoms with E-state index in [4.69, 9.17) is 4.74 Å². The van der Waals surface area contributed by atoms with Gasteiger partial charge in [-0.2, -0.15) is 0 Å². The van der Waals surface area contributed by atoms with Crippen molar-refractivity contribution >= 4 is 29.9 Å². The number of amides is 2. The van der Waals surface area contributed by atoms with Gasteiger partial charge in [0.2, 0.25) is 5.91 Å². The lowest BCUT2D eigenvalue weighted by molar-refractivity contribution is -0.146. The Labute approximate surface area is 148 Å². The highest BCUT2D eigenvalue weighted by Gasteiger charge is 2.39. The van der Waals surface area contributed by atoms with Gasteiger partial charge in [0.1, 0.15) is 5.60 Å². The van der Waals surface area contributed by atoms with Crippen LogP contribution in [0.5, 0.6) is 0 Å². The third-order valence-electron chi connectivity index (χ3n) is 4.76. The molecule has 2 heterocycles. The van der Waals surface area contributed by atoms with E-state index in [-0.39, 0.29) is 24.2 Å². The molecule has 2 aliphatic heterocycles. The number of anilines is 1. The molecule has 0 unspecified atom stereocenters. The number of hydrogen-bond acceptors (Lipinski definition) is 4. The fourth-order valence-corrected chi connectivity index (χ4v) is 3.36. The molecule has 2 N–H and O–H groups in total. The van der Waals surface area contributed by atoms with Crippen molar-refractivity contribution in [3.8, 4) is 0 Å². The first-order valence-corrected chi connectivity index (χ1v) is 8.09. The molecule has 0 radical (unpaired) electrons. The van der Waals surface area contributed by atoms with Gasteiger partial charge < -0.3 is 20.3 Å². The molecule has 2 amide bonds. The molecule has 24 heavy (non-hydrogen) atoms. The number of hydrogen-bond donors (Lipinski definition) is 2. The molecule has 0 aliphatic carbocycles. The number of nitrogens with one attached hydrogen (secondary N) is 2. The summed E-state index contributed by atoms with van der Waals surface area (Å²) >= 11 is 0. The first-order chi connectivity index (χ1) is 11.2. The van der Waals surface area contributed by atoms with Crippen molar-refractivity contribution in [1.82, 2.24) is 10.6 Å². The van der Waals surface area contributed by atoms with Gasteiger partial charge >= 0.3 is 0 Å². The number of benzene rings is 1. The van der Waals surface area contributed by atoms with Crippen LogP contribution < -0.4 is 15.5 Å². The quantitative estimate of drug-likeness (QED) is 0.824. The van der Waals surface area contributed by atoms with Crippen LogP contribution in [0.4, 0.5) is 5.69 Å². The Kier molecular flexibility index (Phi) is 6.21. The van der Waals surface area contributed by atoms with E-state index in [0.29, 0.717) is 32.4 Å². The molecule has 0 bridgehead atoms. The average molecular weight is 354 g/mol.